The predicted molar refractivity (Wildman–Crippen MR) is 73.1 cm³/mol. The lowest BCUT2D eigenvalue weighted by molar-refractivity contribution is 0.262. The Kier molecular flexibility index (Phi) is 3.79. The summed E-state index contributed by atoms with van der Waals surface area (Å²) in [4.78, 5) is 15.8. The Bertz CT molecular complexity index is 554. The molecular weight excluding hydrogens is 250 g/mol. The van der Waals surface area contributed by atoms with E-state index in [9.17, 15) is 4.79 Å². The number of amides is 2. The summed E-state index contributed by atoms with van der Waals surface area (Å²) in [6, 6.07) is 10.3. The Morgan fingerprint density at radius 3 is 2.61 bits per heavy atom. The van der Waals surface area contributed by atoms with Crippen molar-refractivity contribution in [1.82, 2.24) is 4.98 Å². The Morgan fingerprint density at radius 1 is 1.17 bits per heavy atom. The molecule has 0 unspecified atom stereocenters. The lowest BCUT2D eigenvalue weighted by atomic mass is 10.3. The van der Waals surface area contributed by atoms with Crippen LogP contribution in [-0.2, 0) is 0 Å². The molecule has 1 heterocycles. The Labute approximate surface area is 110 Å². The van der Waals surface area contributed by atoms with Crippen molar-refractivity contribution in [3.05, 3.63) is 53.2 Å². The minimum Gasteiger partial charge on any atom is -0.306 e. The molecule has 4 nitrogen and oxygen atoms in total. The number of benzene rings is 1. The number of halogens is 1. The summed E-state index contributed by atoms with van der Waals surface area (Å²) in [6.07, 6.45) is 1.69. The summed E-state index contributed by atoms with van der Waals surface area (Å²) in [5, 5.41) is 5.77. The standard InChI is InChI=1S/C13H12ClN3O/c1-9-6-7-12(15-8-9)17-13(18)16-11-5-3-2-4-10(11)14/h2-8H,1H3,(H2,15,16,17,18). The van der Waals surface area contributed by atoms with Gasteiger partial charge in [-0.15, -0.1) is 0 Å². The van der Waals surface area contributed by atoms with E-state index in [-0.39, 0.29) is 6.03 Å². The number of urea groups is 1. The van der Waals surface area contributed by atoms with Gasteiger partial charge in [-0.3, -0.25) is 5.32 Å². The van der Waals surface area contributed by atoms with Gasteiger partial charge in [-0.05, 0) is 30.7 Å². The zero-order valence-electron chi connectivity index (χ0n) is 9.77. The molecule has 0 fully saturated rings. The number of nitrogens with zero attached hydrogens (tertiary/aromatic N) is 1. The first-order valence-electron chi connectivity index (χ1n) is 5.40. The second-order valence-corrected chi connectivity index (χ2v) is 4.19. The van der Waals surface area contributed by atoms with E-state index in [4.69, 9.17) is 11.6 Å². The molecule has 2 N–H and O–H groups in total. The van der Waals surface area contributed by atoms with Crippen LogP contribution in [0.4, 0.5) is 16.3 Å². The van der Waals surface area contributed by atoms with Gasteiger partial charge in [0.2, 0.25) is 0 Å². The fourth-order valence-electron chi connectivity index (χ4n) is 1.37. The van der Waals surface area contributed by atoms with Crippen LogP contribution in [0.3, 0.4) is 0 Å². The van der Waals surface area contributed by atoms with Crippen LogP contribution >= 0.6 is 11.6 Å². The Balaban J connectivity index is 2.01. The average molecular weight is 262 g/mol. The number of para-hydroxylation sites is 1. The summed E-state index contributed by atoms with van der Waals surface area (Å²) >= 11 is 5.93. The molecule has 2 amide bonds. The van der Waals surface area contributed by atoms with Gasteiger partial charge >= 0.3 is 6.03 Å². The van der Waals surface area contributed by atoms with Gasteiger partial charge in [-0.1, -0.05) is 29.8 Å². The second kappa shape index (κ2) is 5.51. The molecule has 0 spiro atoms. The average Bonchev–Trinajstić information content (AvgIpc) is 2.35. The minimum absolute atomic E-state index is 0.376. The smallest absolute Gasteiger partial charge is 0.306 e. The topological polar surface area (TPSA) is 54.0 Å². The van der Waals surface area contributed by atoms with Gasteiger partial charge in [0.1, 0.15) is 5.82 Å². The van der Waals surface area contributed by atoms with Crippen LogP contribution in [0.15, 0.2) is 42.6 Å². The van der Waals surface area contributed by atoms with Gasteiger partial charge in [-0.25, -0.2) is 9.78 Å². The summed E-state index contributed by atoms with van der Waals surface area (Å²) in [7, 11) is 0. The lowest BCUT2D eigenvalue weighted by Crippen LogP contribution is -2.20. The third-order valence-corrected chi connectivity index (χ3v) is 2.60. The summed E-state index contributed by atoms with van der Waals surface area (Å²) < 4.78 is 0. The minimum atomic E-state index is -0.376. The normalized spacial score (nSPS) is 9.89. The molecule has 0 aliphatic carbocycles. The van der Waals surface area contributed by atoms with Gasteiger partial charge in [0.15, 0.2) is 0 Å². The summed E-state index contributed by atoms with van der Waals surface area (Å²) in [5.41, 5.74) is 1.59. The van der Waals surface area contributed by atoms with Crippen molar-refractivity contribution in [2.45, 2.75) is 6.92 Å². The molecule has 0 aliphatic heterocycles. The van der Waals surface area contributed by atoms with Gasteiger partial charge in [-0.2, -0.15) is 0 Å². The van der Waals surface area contributed by atoms with E-state index in [0.717, 1.165) is 5.56 Å². The van der Waals surface area contributed by atoms with Crippen LogP contribution in [0, 0.1) is 6.92 Å². The predicted octanol–water partition coefficient (Wildman–Crippen LogP) is 3.69. The number of aryl methyl sites for hydroxylation is 1. The van der Waals surface area contributed by atoms with Crippen LogP contribution in [-0.4, -0.2) is 11.0 Å². The number of anilines is 2. The molecule has 0 radical (unpaired) electrons. The number of pyridine rings is 1. The lowest BCUT2D eigenvalue weighted by Gasteiger charge is -2.08. The van der Waals surface area contributed by atoms with Crippen molar-refractivity contribution >= 4 is 29.1 Å². The number of hydrogen-bond acceptors (Lipinski definition) is 2. The van der Waals surface area contributed by atoms with Gasteiger partial charge in [0, 0.05) is 6.20 Å². The fourth-order valence-corrected chi connectivity index (χ4v) is 1.56. The number of nitrogens with one attached hydrogen (secondary N) is 2. The maximum absolute atomic E-state index is 11.7. The third-order valence-electron chi connectivity index (χ3n) is 2.28. The van der Waals surface area contributed by atoms with E-state index >= 15 is 0 Å². The van der Waals surface area contributed by atoms with Crippen LogP contribution in [0.5, 0.6) is 0 Å². The largest absolute Gasteiger partial charge is 0.324 e. The van der Waals surface area contributed by atoms with E-state index < -0.39 is 0 Å². The second-order valence-electron chi connectivity index (χ2n) is 3.78. The first-order valence-corrected chi connectivity index (χ1v) is 5.78. The molecule has 1 aromatic heterocycles. The van der Waals surface area contributed by atoms with E-state index in [1.807, 2.05) is 13.0 Å². The molecule has 0 saturated heterocycles. The molecule has 92 valence electrons. The van der Waals surface area contributed by atoms with Crippen molar-refractivity contribution in [3.8, 4) is 0 Å². The van der Waals surface area contributed by atoms with Crippen molar-refractivity contribution < 1.29 is 4.79 Å². The number of carbonyl (C=O) groups is 1. The molecule has 0 saturated carbocycles. The highest BCUT2D eigenvalue weighted by Gasteiger charge is 2.05. The van der Waals surface area contributed by atoms with E-state index in [1.165, 1.54) is 0 Å². The first kappa shape index (κ1) is 12.4. The van der Waals surface area contributed by atoms with Gasteiger partial charge < -0.3 is 5.32 Å². The molecular formula is C13H12ClN3O. The third kappa shape index (κ3) is 3.21. The molecule has 5 heteroatoms. The SMILES string of the molecule is Cc1ccc(NC(=O)Nc2ccccc2Cl)nc1. The maximum Gasteiger partial charge on any atom is 0.324 e. The zero-order chi connectivity index (χ0) is 13.0. The van der Waals surface area contributed by atoms with Gasteiger partial charge in [0.25, 0.3) is 0 Å². The summed E-state index contributed by atoms with van der Waals surface area (Å²) in [6.45, 7) is 1.93. The number of hydrogen-bond donors (Lipinski definition) is 2. The van der Waals surface area contributed by atoms with Crippen molar-refractivity contribution in [3.63, 3.8) is 0 Å². The van der Waals surface area contributed by atoms with Crippen molar-refractivity contribution in [2.75, 3.05) is 10.6 Å². The number of carbonyl (C=O) groups excluding carboxylic acids is 1. The van der Waals surface area contributed by atoms with Crippen molar-refractivity contribution in [1.29, 1.82) is 0 Å². The quantitative estimate of drug-likeness (QED) is 0.866. The summed E-state index contributed by atoms with van der Waals surface area (Å²) in [5.74, 6) is 0.491. The molecule has 0 atom stereocenters. The number of aromatic nitrogens is 1. The Hall–Kier alpha value is -2.07. The molecule has 18 heavy (non-hydrogen) atoms. The Morgan fingerprint density at radius 2 is 1.94 bits per heavy atom. The van der Waals surface area contributed by atoms with Gasteiger partial charge in [0.05, 0.1) is 10.7 Å². The molecule has 0 bridgehead atoms. The molecule has 2 rings (SSSR count). The molecule has 0 aliphatic rings. The highest BCUT2D eigenvalue weighted by Crippen LogP contribution is 2.20. The monoisotopic (exact) mass is 261 g/mol. The van der Waals surface area contributed by atoms with Crippen molar-refractivity contribution in [2.24, 2.45) is 0 Å². The van der Waals surface area contributed by atoms with Crippen LogP contribution in [0.25, 0.3) is 0 Å². The fraction of sp³-hybridized carbons (Fsp3) is 0.0769. The van der Waals surface area contributed by atoms with E-state index in [2.05, 4.69) is 15.6 Å². The molecule has 2 aromatic rings. The van der Waals surface area contributed by atoms with Crippen LogP contribution in [0.1, 0.15) is 5.56 Å². The maximum atomic E-state index is 11.7. The van der Waals surface area contributed by atoms with E-state index in [0.29, 0.717) is 16.5 Å². The highest BCUT2D eigenvalue weighted by atomic mass is 35.5. The van der Waals surface area contributed by atoms with Crippen LogP contribution < -0.4 is 10.6 Å². The zero-order valence-corrected chi connectivity index (χ0v) is 10.5. The number of rotatable bonds is 2. The first-order chi connectivity index (χ1) is 8.65. The molecule has 1 aromatic carbocycles. The highest BCUT2D eigenvalue weighted by molar-refractivity contribution is 6.33. The van der Waals surface area contributed by atoms with Crippen LogP contribution in [0.2, 0.25) is 5.02 Å². The van der Waals surface area contributed by atoms with E-state index in [1.54, 1.807) is 36.5 Å².